The summed E-state index contributed by atoms with van der Waals surface area (Å²) in [6.07, 6.45) is 0. The van der Waals surface area contributed by atoms with Crippen molar-refractivity contribution in [3.8, 4) is 0 Å². The van der Waals surface area contributed by atoms with E-state index in [0.29, 0.717) is 0 Å². The molecule has 2 atom stereocenters. The molecule has 0 aromatic carbocycles. The van der Waals surface area contributed by atoms with Crippen molar-refractivity contribution < 1.29 is 81.4 Å². The number of rotatable bonds is 2. The van der Waals surface area contributed by atoms with Gasteiger partial charge in [-0.15, -0.1) is 0 Å². The zero-order chi connectivity index (χ0) is 10.4. The zero-order valence-corrected chi connectivity index (χ0v) is 15.6. The van der Waals surface area contributed by atoms with E-state index in [0.717, 1.165) is 0 Å². The first-order valence-electron chi connectivity index (χ1n) is 2.05. The minimum atomic E-state index is -4.64. The van der Waals surface area contributed by atoms with E-state index in [1.165, 1.54) is 0 Å². The van der Waals surface area contributed by atoms with Crippen LogP contribution in [0.15, 0.2) is 0 Å². The summed E-state index contributed by atoms with van der Waals surface area (Å²) in [6, 6.07) is 0. The van der Waals surface area contributed by atoms with E-state index in [9.17, 15) is 9.13 Å². The molecule has 0 radical (unpaired) electrons. The third-order valence-corrected chi connectivity index (χ3v) is 1.57. The summed E-state index contributed by atoms with van der Waals surface area (Å²) in [5.74, 6) is 0. The number of phosphoric acid groups is 1. The zero-order valence-electron chi connectivity index (χ0n) is 6.73. The number of hydrogen-bond acceptors (Lipinski definition) is 4. The molecule has 0 aliphatic rings. The molecule has 0 spiro atoms. The quantitative estimate of drug-likeness (QED) is 0.296. The summed E-state index contributed by atoms with van der Waals surface area (Å²) in [6.45, 7) is 0. The standard InChI is InChI=1S/H4O5P2.H3O4P.2Zn/c1-6(2)5-7(3)4;1-5(2,3)4;;/h6-7H,(H,1,2)(H,3,4);(H3,1,2,3,4);;. The Morgan fingerprint density at radius 2 is 1.07 bits per heavy atom. The molecule has 0 saturated carbocycles. The van der Waals surface area contributed by atoms with Crippen LogP contribution in [0.5, 0.6) is 0 Å². The molecular formula is H7O9P3Zn2. The van der Waals surface area contributed by atoms with Gasteiger partial charge in [0.25, 0.3) is 0 Å². The molecule has 0 heterocycles. The van der Waals surface area contributed by atoms with Crippen molar-refractivity contribution in [3.05, 3.63) is 0 Å². The Bertz CT molecular complexity index is 186. The van der Waals surface area contributed by atoms with E-state index >= 15 is 0 Å². The van der Waals surface area contributed by atoms with E-state index in [4.69, 9.17) is 29.0 Å². The maximum Gasteiger partial charge on any atom is 0.466 e. The molecule has 0 amide bonds. The topological polar surface area (TPSA) is 162 Å². The van der Waals surface area contributed by atoms with E-state index in [-0.39, 0.29) is 39.0 Å². The van der Waals surface area contributed by atoms with Crippen LogP contribution in [0.2, 0.25) is 0 Å². The first kappa shape index (κ1) is 24.8. The maximum atomic E-state index is 9.44. The smallest absolute Gasteiger partial charge is 0.326 e. The Kier molecular flexibility index (Phi) is 22.6. The Morgan fingerprint density at radius 1 is 0.929 bits per heavy atom. The molecule has 0 fully saturated rings. The average Bonchev–Trinajstić information content (AvgIpc) is 1.52. The van der Waals surface area contributed by atoms with Crippen LogP contribution in [0.1, 0.15) is 0 Å². The summed E-state index contributed by atoms with van der Waals surface area (Å²) in [5, 5.41) is 0. The molecule has 0 aliphatic carbocycles. The second-order valence-corrected chi connectivity index (χ2v) is 4.05. The molecule has 5 N–H and O–H groups in total. The van der Waals surface area contributed by atoms with Crippen LogP contribution in [0.25, 0.3) is 0 Å². The van der Waals surface area contributed by atoms with Crippen molar-refractivity contribution in [2.24, 2.45) is 0 Å². The van der Waals surface area contributed by atoms with E-state index in [1.54, 1.807) is 0 Å². The van der Waals surface area contributed by atoms with E-state index in [2.05, 4.69) is 4.31 Å². The van der Waals surface area contributed by atoms with Gasteiger partial charge in [0.1, 0.15) is 0 Å². The fourth-order valence-corrected chi connectivity index (χ4v) is 0.672. The van der Waals surface area contributed by atoms with Crippen LogP contribution >= 0.6 is 24.3 Å². The summed E-state index contributed by atoms with van der Waals surface area (Å²) >= 11 is 0. The van der Waals surface area contributed by atoms with Crippen molar-refractivity contribution in [2.45, 2.75) is 0 Å². The largest absolute Gasteiger partial charge is 0.466 e. The van der Waals surface area contributed by atoms with Gasteiger partial charge in [-0.1, -0.05) is 0 Å². The van der Waals surface area contributed by atoms with Gasteiger partial charge in [-0.05, 0) is 0 Å². The second-order valence-electron chi connectivity index (χ2n) is 1.15. The normalized spacial score (nSPS) is 13.5. The van der Waals surface area contributed by atoms with Crippen LogP contribution < -0.4 is 0 Å². The molecule has 0 rings (SSSR count). The predicted octanol–water partition coefficient (Wildman–Crippen LogP) is -1.17. The van der Waals surface area contributed by atoms with Crippen LogP contribution in [-0.2, 0) is 57.0 Å². The van der Waals surface area contributed by atoms with Crippen LogP contribution in [-0.4, -0.2) is 24.5 Å². The molecule has 14 heteroatoms. The van der Waals surface area contributed by atoms with Gasteiger partial charge in [0.2, 0.25) is 0 Å². The number of hydrogen-bond donors (Lipinski definition) is 5. The molecule has 9 nitrogen and oxygen atoms in total. The Balaban J connectivity index is -0.0000000651. The molecular weight excluding hydrogens is 368 g/mol. The average molecular weight is 375 g/mol. The van der Waals surface area contributed by atoms with Gasteiger partial charge in [-0.25, -0.2) is 8.88 Å². The Labute approximate surface area is 106 Å². The molecule has 0 saturated heterocycles. The fraction of sp³-hybridized carbons (Fsp3) is 0. The van der Waals surface area contributed by atoms with Gasteiger partial charge in [-0.3, -0.25) is 9.13 Å². The minimum absolute atomic E-state index is 0. The van der Waals surface area contributed by atoms with Gasteiger partial charge in [0.15, 0.2) is 0 Å². The van der Waals surface area contributed by atoms with Crippen molar-refractivity contribution >= 4 is 24.3 Å². The molecule has 80 valence electrons. The van der Waals surface area contributed by atoms with Crippen LogP contribution in [0.3, 0.4) is 0 Å². The molecule has 0 aromatic heterocycles. The van der Waals surface area contributed by atoms with Crippen LogP contribution in [0.4, 0.5) is 0 Å². The third-order valence-electron chi connectivity index (χ3n) is 0.175. The van der Waals surface area contributed by atoms with Gasteiger partial charge in [0, 0.05) is 39.0 Å². The van der Waals surface area contributed by atoms with Gasteiger partial charge >= 0.3 is 24.3 Å². The van der Waals surface area contributed by atoms with Gasteiger partial charge in [-0.2, -0.15) is 0 Å². The van der Waals surface area contributed by atoms with Gasteiger partial charge < -0.3 is 24.5 Å². The summed E-state index contributed by atoms with van der Waals surface area (Å²) in [7, 11) is -11.0. The summed E-state index contributed by atoms with van der Waals surface area (Å²) < 4.78 is 31.2. The first-order valence-corrected chi connectivity index (χ1v) is 6.14. The summed E-state index contributed by atoms with van der Waals surface area (Å²) in [5.41, 5.74) is 0. The first-order chi connectivity index (χ1) is 5.13. The van der Waals surface area contributed by atoms with E-state index < -0.39 is 24.3 Å². The predicted molar refractivity (Wildman–Crippen MR) is 37.8 cm³/mol. The van der Waals surface area contributed by atoms with Crippen LogP contribution in [0, 0.1) is 0 Å². The molecule has 14 heavy (non-hydrogen) atoms. The minimum Gasteiger partial charge on any atom is -0.326 e. The fourth-order valence-electron chi connectivity index (χ4n) is 0.0747. The molecule has 0 aliphatic heterocycles. The van der Waals surface area contributed by atoms with Gasteiger partial charge in [0.05, 0.1) is 0 Å². The molecule has 0 bridgehead atoms. The Hall–Kier alpha value is 1.70. The monoisotopic (exact) mass is 372 g/mol. The van der Waals surface area contributed by atoms with Crippen molar-refractivity contribution in [3.63, 3.8) is 0 Å². The third kappa shape index (κ3) is 68.0. The molecule has 2 unspecified atom stereocenters. The SMILES string of the molecule is O=P(O)(O)O.O=[PH](O)O[PH](=O)O.[Zn].[Zn]. The van der Waals surface area contributed by atoms with Crippen molar-refractivity contribution in [2.75, 3.05) is 0 Å². The maximum absolute atomic E-state index is 9.44. The van der Waals surface area contributed by atoms with E-state index in [1.807, 2.05) is 0 Å². The van der Waals surface area contributed by atoms with Crippen molar-refractivity contribution in [1.82, 2.24) is 0 Å². The Morgan fingerprint density at radius 3 is 1.07 bits per heavy atom. The second kappa shape index (κ2) is 12.8. The molecule has 0 aromatic rings. The van der Waals surface area contributed by atoms with Crippen molar-refractivity contribution in [1.29, 1.82) is 0 Å². The summed E-state index contributed by atoms with van der Waals surface area (Å²) in [4.78, 5) is 37.0.